The van der Waals surface area contributed by atoms with Crippen molar-refractivity contribution in [1.29, 1.82) is 0 Å². The van der Waals surface area contributed by atoms with Crippen LogP contribution < -0.4 is 10.5 Å². The smallest absolute Gasteiger partial charge is 0.243 e. The summed E-state index contributed by atoms with van der Waals surface area (Å²) in [6.07, 6.45) is 1.37. The number of anilines is 1. The lowest BCUT2D eigenvalue weighted by Crippen LogP contribution is -2.27. The maximum atomic E-state index is 13.7. The number of hydrogen-bond donors (Lipinski definition) is 2. The van der Waals surface area contributed by atoms with Gasteiger partial charge in [-0.25, -0.2) is 17.5 Å². The van der Waals surface area contributed by atoms with Gasteiger partial charge in [0.05, 0.1) is 5.69 Å². The summed E-state index contributed by atoms with van der Waals surface area (Å²) in [5.74, 6) is -0.779. The minimum absolute atomic E-state index is 0.0289. The van der Waals surface area contributed by atoms with Gasteiger partial charge in [-0.3, -0.25) is 0 Å². The molecule has 108 valence electrons. The molecule has 0 bridgehead atoms. The molecule has 20 heavy (non-hydrogen) atoms. The second-order valence-electron chi connectivity index (χ2n) is 3.79. The van der Waals surface area contributed by atoms with Gasteiger partial charge in [-0.05, 0) is 12.1 Å². The third-order valence-electron chi connectivity index (χ3n) is 2.36. The van der Waals surface area contributed by atoms with Crippen LogP contribution in [0.1, 0.15) is 5.89 Å². The molecule has 0 fully saturated rings. The first-order chi connectivity index (χ1) is 9.40. The lowest BCUT2D eigenvalue weighted by atomic mass is 10.3. The van der Waals surface area contributed by atoms with Crippen molar-refractivity contribution in [2.75, 3.05) is 12.3 Å². The molecule has 0 aliphatic heterocycles. The first kappa shape index (κ1) is 14.7. The number of nitrogen functional groups attached to an aromatic ring is 1. The van der Waals surface area contributed by atoms with Crippen LogP contribution in [0.4, 0.5) is 10.1 Å². The Bertz CT molecular complexity index is 706. The Morgan fingerprint density at radius 2 is 2.20 bits per heavy atom. The second kappa shape index (κ2) is 5.73. The van der Waals surface area contributed by atoms with Crippen molar-refractivity contribution in [2.45, 2.75) is 11.3 Å². The summed E-state index contributed by atoms with van der Waals surface area (Å²) in [4.78, 5) is 3.12. The zero-order valence-corrected chi connectivity index (χ0v) is 11.6. The van der Waals surface area contributed by atoms with Gasteiger partial charge in [-0.15, -0.1) is 0 Å². The number of sulfonamides is 1. The Hall–Kier alpha value is -1.71. The Labute approximate surface area is 119 Å². The normalized spacial score (nSPS) is 11.7. The van der Waals surface area contributed by atoms with Crippen molar-refractivity contribution in [2.24, 2.45) is 0 Å². The van der Waals surface area contributed by atoms with Crippen LogP contribution in [0.25, 0.3) is 0 Å². The largest absolute Gasteiger partial charge is 0.396 e. The number of rotatable bonds is 5. The Morgan fingerprint density at radius 3 is 2.85 bits per heavy atom. The van der Waals surface area contributed by atoms with Crippen molar-refractivity contribution in [1.82, 2.24) is 14.9 Å². The zero-order valence-electron chi connectivity index (χ0n) is 10.0. The summed E-state index contributed by atoms with van der Waals surface area (Å²) in [6, 6.07) is 2.12. The van der Waals surface area contributed by atoms with E-state index in [-0.39, 0.29) is 29.6 Å². The van der Waals surface area contributed by atoms with E-state index in [1.54, 1.807) is 0 Å². The fourth-order valence-electron chi connectivity index (χ4n) is 1.46. The molecule has 2 aromatic rings. The van der Waals surface area contributed by atoms with Crippen molar-refractivity contribution < 1.29 is 17.3 Å². The fraction of sp³-hybridized carbons (Fsp3) is 0.200. The Balaban J connectivity index is 2.14. The van der Waals surface area contributed by atoms with Crippen LogP contribution in [0.15, 0.2) is 27.9 Å². The molecule has 0 unspecified atom stereocenters. The zero-order chi connectivity index (χ0) is 14.8. The lowest BCUT2D eigenvalue weighted by Gasteiger charge is -2.08. The summed E-state index contributed by atoms with van der Waals surface area (Å²) in [5.41, 5.74) is 5.00. The number of nitrogens with two attached hydrogens (primary N) is 1. The molecule has 0 saturated carbocycles. The lowest BCUT2D eigenvalue weighted by molar-refractivity contribution is 0.377. The molecular formula is C10H10ClFN4O3S. The molecule has 3 N–H and O–H groups in total. The molecule has 1 aromatic heterocycles. The molecule has 2 rings (SSSR count). The van der Waals surface area contributed by atoms with Gasteiger partial charge in [0.15, 0.2) is 12.1 Å². The van der Waals surface area contributed by atoms with Crippen LogP contribution in [0, 0.1) is 5.82 Å². The quantitative estimate of drug-likeness (QED) is 0.794. The van der Waals surface area contributed by atoms with Gasteiger partial charge in [0.1, 0.15) is 4.90 Å². The van der Waals surface area contributed by atoms with Crippen LogP contribution in [0.2, 0.25) is 5.02 Å². The van der Waals surface area contributed by atoms with Crippen molar-refractivity contribution in [3.63, 3.8) is 0 Å². The molecule has 0 spiro atoms. The van der Waals surface area contributed by atoms with E-state index in [4.69, 9.17) is 21.9 Å². The van der Waals surface area contributed by atoms with E-state index < -0.39 is 20.7 Å². The summed E-state index contributed by atoms with van der Waals surface area (Å²) in [6.45, 7) is -0.0314. The summed E-state index contributed by atoms with van der Waals surface area (Å²) in [7, 11) is -4.07. The van der Waals surface area contributed by atoms with Gasteiger partial charge in [0, 0.05) is 18.0 Å². The summed E-state index contributed by atoms with van der Waals surface area (Å²) in [5, 5.41) is 3.40. The topological polar surface area (TPSA) is 111 Å². The molecule has 0 aliphatic carbocycles. The molecular weight excluding hydrogens is 311 g/mol. The van der Waals surface area contributed by atoms with Crippen molar-refractivity contribution in [3.05, 3.63) is 35.2 Å². The number of halogens is 2. The SMILES string of the molecule is Nc1cc(Cl)cc(S(=O)(=O)NCCc2ncno2)c1F. The number of aromatic nitrogens is 2. The maximum absolute atomic E-state index is 13.7. The first-order valence-corrected chi connectivity index (χ1v) is 7.26. The van der Waals surface area contributed by atoms with Crippen LogP contribution in [-0.2, 0) is 16.4 Å². The Morgan fingerprint density at radius 1 is 1.45 bits per heavy atom. The van der Waals surface area contributed by atoms with Crippen LogP contribution in [-0.4, -0.2) is 25.1 Å². The van der Waals surface area contributed by atoms with E-state index in [9.17, 15) is 12.8 Å². The molecule has 1 heterocycles. The standard InChI is InChI=1S/C10H10ClFN4O3S/c11-6-3-7(13)10(12)8(4-6)20(17,18)16-2-1-9-14-5-15-19-9/h3-5,16H,1-2,13H2. The van der Waals surface area contributed by atoms with E-state index in [0.29, 0.717) is 0 Å². The average Bonchev–Trinajstić information content (AvgIpc) is 2.86. The van der Waals surface area contributed by atoms with Crippen molar-refractivity contribution >= 4 is 27.3 Å². The highest BCUT2D eigenvalue weighted by molar-refractivity contribution is 7.89. The van der Waals surface area contributed by atoms with Crippen molar-refractivity contribution in [3.8, 4) is 0 Å². The molecule has 7 nitrogen and oxygen atoms in total. The van der Waals surface area contributed by atoms with Gasteiger partial charge in [-0.1, -0.05) is 16.8 Å². The first-order valence-electron chi connectivity index (χ1n) is 5.40. The number of benzene rings is 1. The number of hydrogen-bond acceptors (Lipinski definition) is 6. The van der Waals surface area contributed by atoms with E-state index in [0.717, 1.165) is 12.1 Å². The van der Waals surface area contributed by atoms with E-state index >= 15 is 0 Å². The Kier molecular flexibility index (Phi) is 4.21. The van der Waals surface area contributed by atoms with E-state index in [1.165, 1.54) is 6.33 Å². The van der Waals surface area contributed by atoms with Crippen LogP contribution >= 0.6 is 11.6 Å². The highest BCUT2D eigenvalue weighted by Gasteiger charge is 2.21. The van der Waals surface area contributed by atoms with Crippen LogP contribution in [0.3, 0.4) is 0 Å². The minimum atomic E-state index is -4.07. The highest BCUT2D eigenvalue weighted by atomic mass is 35.5. The van der Waals surface area contributed by atoms with Gasteiger partial charge in [0.2, 0.25) is 15.9 Å². The van der Waals surface area contributed by atoms with E-state index in [1.807, 2.05) is 0 Å². The van der Waals surface area contributed by atoms with Gasteiger partial charge in [0.25, 0.3) is 0 Å². The molecule has 1 aromatic carbocycles. The van der Waals surface area contributed by atoms with Gasteiger partial charge >= 0.3 is 0 Å². The predicted molar refractivity (Wildman–Crippen MR) is 69.0 cm³/mol. The molecule has 0 saturated heterocycles. The second-order valence-corrected chi connectivity index (χ2v) is 5.96. The third-order valence-corrected chi connectivity index (χ3v) is 4.04. The number of nitrogens with one attached hydrogen (secondary N) is 1. The average molecular weight is 321 g/mol. The monoisotopic (exact) mass is 320 g/mol. The minimum Gasteiger partial charge on any atom is -0.396 e. The molecule has 0 radical (unpaired) electrons. The molecule has 10 heteroatoms. The predicted octanol–water partition coefficient (Wildman–Crippen LogP) is 0.965. The highest BCUT2D eigenvalue weighted by Crippen LogP contribution is 2.24. The summed E-state index contributed by atoms with van der Waals surface area (Å²) >= 11 is 5.67. The summed E-state index contributed by atoms with van der Waals surface area (Å²) < 4.78 is 44.5. The van der Waals surface area contributed by atoms with Gasteiger partial charge < -0.3 is 10.3 Å². The molecule has 0 atom stereocenters. The van der Waals surface area contributed by atoms with Gasteiger partial charge in [-0.2, -0.15) is 4.98 Å². The van der Waals surface area contributed by atoms with Crippen LogP contribution in [0.5, 0.6) is 0 Å². The fourth-order valence-corrected chi connectivity index (χ4v) is 2.91. The number of nitrogens with zero attached hydrogens (tertiary/aromatic N) is 2. The third kappa shape index (κ3) is 3.24. The van der Waals surface area contributed by atoms with E-state index in [2.05, 4.69) is 14.9 Å². The molecule has 0 aliphatic rings. The molecule has 0 amide bonds. The maximum Gasteiger partial charge on any atom is 0.243 e.